The van der Waals surface area contributed by atoms with Gasteiger partial charge in [0.05, 0.1) is 0 Å². The van der Waals surface area contributed by atoms with Gasteiger partial charge in [0, 0.05) is 23.6 Å². The van der Waals surface area contributed by atoms with Gasteiger partial charge in [0.1, 0.15) is 11.4 Å². The van der Waals surface area contributed by atoms with Crippen LogP contribution < -0.4 is 10.7 Å². The molecule has 0 aliphatic carbocycles. The summed E-state index contributed by atoms with van der Waals surface area (Å²) in [5, 5.41) is 2.56. The average molecular weight is 260 g/mol. The summed E-state index contributed by atoms with van der Waals surface area (Å²) in [5.41, 5.74) is 1.22. The van der Waals surface area contributed by atoms with Crippen LogP contribution in [0.1, 0.15) is 21.6 Å². The summed E-state index contributed by atoms with van der Waals surface area (Å²) < 4.78 is 13.1. The van der Waals surface area contributed by atoms with Gasteiger partial charge in [-0.3, -0.25) is 9.59 Å². The van der Waals surface area contributed by atoms with Crippen molar-refractivity contribution in [3.8, 4) is 0 Å². The van der Waals surface area contributed by atoms with Gasteiger partial charge in [0.15, 0.2) is 5.43 Å². The Balaban J connectivity index is 2.25. The van der Waals surface area contributed by atoms with E-state index in [1.165, 1.54) is 30.5 Å². The second-order valence-corrected chi connectivity index (χ2v) is 4.31. The molecule has 5 heteroatoms. The lowest BCUT2D eigenvalue weighted by molar-refractivity contribution is 0.102. The molecule has 19 heavy (non-hydrogen) atoms. The van der Waals surface area contributed by atoms with Gasteiger partial charge in [-0.2, -0.15) is 0 Å². The number of anilines is 1. The number of halogens is 1. The maximum absolute atomic E-state index is 13.1. The number of benzene rings is 1. The van der Waals surface area contributed by atoms with E-state index in [2.05, 4.69) is 10.3 Å². The summed E-state index contributed by atoms with van der Waals surface area (Å²) in [5.74, 6) is -0.863. The number of hydrogen-bond donors (Lipinski definition) is 2. The Morgan fingerprint density at radius 2 is 2.00 bits per heavy atom. The molecule has 2 rings (SSSR count). The van der Waals surface area contributed by atoms with Crippen molar-refractivity contribution in [2.75, 3.05) is 5.32 Å². The zero-order chi connectivity index (χ0) is 14.0. The Labute approximate surface area is 109 Å². The number of H-pyrrole nitrogens is 1. The van der Waals surface area contributed by atoms with E-state index >= 15 is 0 Å². The van der Waals surface area contributed by atoms with Crippen molar-refractivity contribution in [3.63, 3.8) is 0 Å². The molecule has 1 amide bonds. The Morgan fingerprint density at radius 3 is 2.63 bits per heavy atom. The Bertz CT molecular complexity index is 692. The third-order valence-corrected chi connectivity index (χ3v) is 2.72. The first-order valence-electron chi connectivity index (χ1n) is 5.74. The lowest BCUT2D eigenvalue weighted by Gasteiger charge is -2.06. The molecule has 0 radical (unpaired) electrons. The third kappa shape index (κ3) is 2.88. The summed E-state index contributed by atoms with van der Waals surface area (Å²) in [6, 6.07) is 5.58. The maximum atomic E-state index is 13.1. The molecule has 0 unspecified atom stereocenters. The second-order valence-electron chi connectivity index (χ2n) is 4.31. The summed E-state index contributed by atoms with van der Waals surface area (Å²) in [7, 11) is 0. The number of carbonyl (C=O) groups excluding carboxylic acids is 1. The van der Waals surface area contributed by atoms with Crippen LogP contribution in [0.3, 0.4) is 0 Å². The van der Waals surface area contributed by atoms with Gasteiger partial charge in [0.2, 0.25) is 0 Å². The molecule has 0 aliphatic heterocycles. The fraction of sp³-hybridized carbons (Fsp3) is 0.143. The number of pyridine rings is 1. The first-order chi connectivity index (χ1) is 8.97. The number of hydrogen-bond acceptors (Lipinski definition) is 2. The number of rotatable bonds is 2. The fourth-order valence-electron chi connectivity index (χ4n) is 1.67. The molecule has 1 heterocycles. The van der Waals surface area contributed by atoms with Gasteiger partial charge in [-0.25, -0.2) is 4.39 Å². The Morgan fingerprint density at radius 1 is 1.26 bits per heavy atom. The predicted molar refractivity (Wildman–Crippen MR) is 70.9 cm³/mol. The van der Waals surface area contributed by atoms with E-state index in [0.717, 1.165) is 0 Å². The molecule has 0 atom stereocenters. The van der Waals surface area contributed by atoms with Crippen molar-refractivity contribution in [2.45, 2.75) is 13.8 Å². The molecule has 1 aromatic carbocycles. The van der Waals surface area contributed by atoms with E-state index in [1.54, 1.807) is 13.8 Å². The fourth-order valence-corrected chi connectivity index (χ4v) is 1.67. The van der Waals surface area contributed by atoms with Crippen LogP contribution in [0.15, 0.2) is 35.3 Å². The molecule has 98 valence electrons. The first-order valence-corrected chi connectivity index (χ1v) is 5.74. The van der Waals surface area contributed by atoms with E-state index in [0.29, 0.717) is 16.9 Å². The number of nitrogens with one attached hydrogen (secondary N) is 2. The largest absolute Gasteiger partial charge is 0.364 e. The minimum absolute atomic E-state index is 0.0209. The highest BCUT2D eigenvalue weighted by Crippen LogP contribution is 2.14. The molecule has 0 bridgehead atoms. The monoisotopic (exact) mass is 260 g/mol. The number of amides is 1. The van der Waals surface area contributed by atoms with Crippen LogP contribution in [0.5, 0.6) is 0 Å². The normalized spacial score (nSPS) is 10.3. The van der Waals surface area contributed by atoms with Gasteiger partial charge in [-0.05, 0) is 37.6 Å². The van der Waals surface area contributed by atoms with E-state index in [1.807, 2.05) is 0 Å². The molecule has 4 nitrogen and oxygen atoms in total. The minimum Gasteiger partial charge on any atom is -0.364 e. The Hall–Kier alpha value is -2.43. The number of aromatic amines is 1. The van der Waals surface area contributed by atoms with E-state index in [9.17, 15) is 14.0 Å². The van der Waals surface area contributed by atoms with Crippen LogP contribution in [-0.2, 0) is 0 Å². The van der Waals surface area contributed by atoms with Crippen LogP contribution in [0.25, 0.3) is 0 Å². The minimum atomic E-state index is -0.521. The third-order valence-electron chi connectivity index (χ3n) is 2.72. The summed E-state index contributed by atoms with van der Waals surface area (Å²) in [4.78, 5) is 26.4. The number of aromatic nitrogens is 1. The van der Waals surface area contributed by atoms with Gasteiger partial charge in [-0.15, -0.1) is 0 Å². The van der Waals surface area contributed by atoms with Crippen molar-refractivity contribution in [2.24, 2.45) is 0 Å². The standard InChI is InChI=1S/C14H13FN2O2/c1-8-5-10(3-4-12(8)15)17-14(19)11-7-16-9(2)6-13(11)18/h3-7H,1-2H3,(H,16,18)(H,17,19). The lowest BCUT2D eigenvalue weighted by Crippen LogP contribution is -2.21. The van der Waals surface area contributed by atoms with E-state index in [-0.39, 0.29) is 16.8 Å². The molecule has 1 aromatic heterocycles. The van der Waals surface area contributed by atoms with Gasteiger partial charge < -0.3 is 10.3 Å². The van der Waals surface area contributed by atoms with Crippen molar-refractivity contribution in [3.05, 3.63) is 63.3 Å². The van der Waals surface area contributed by atoms with Crippen molar-refractivity contribution in [1.82, 2.24) is 4.98 Å². The predicted octanol–water partition coefficient (Wildman–Crippen LogP) is 2.38. The van der Waals surface area contributed by atoms with Crippen LogP contribution in [0.4, 0.5) is 10.1 Å². The first kappa shape index (κ1) is 13.0. The highest BCUT2D eigenvalue weighted by molar-refractivity contribution is 6.04. The second kappa shape index (κ2) is 5.06. The van der Waals surface area contributed by atoms with Crippen LogP contribution in [-0.4, -0.2) is 10.9 Å². The van der Waals surface area contributed by atoms with Crippen LogP contribution in [0.2, 0.25) is 0 Å². The topological polar surface area (TPSA) is 62.0 Å². The molecule has 0 spiro atoms. The van der Waals surface area contributed by atoms with Gasteiger partial charge >= 0.3 is 0 Å². The highest BCUT2D eigenvalue weighted by atomic mass is 19.1. The van der Waals surface area contributed by atoms with Gasteiger partial charge in [-0.1, -0.05) is 0 Å². The van der Waals surface area contributed by atoms with Crippen molar-refractivity contribution in [1.29, 1.82) is 0 Å². The maximum Gasteiger partial charge on any atom is 0.261 e. The number of carbonyl (C=O) groups is 1. The molecule has 0 saturated heterocycles. The lowest BCUT2D eigenvalue weighted by atomic mass is 10.2. The van der Waals surface area contributed by atoms with Crippen LogP contribution in [0, 0.1) is 19.7 Å². The zero-order valence-corrected chi connectivity index (χ0v) is 10.6. The number of aryl methyl sites for hydroxylation is 2. The molecule has 0 aliphatic rings. The summed E-state index contributed by atoms with van der Waals surface area (Å²) in [6.45, 7) is 3.33. The molecule has 0 saturated carbocycles. The van der Waals surface area contributed by atoms with Gasteiger partial charge in [0.25, 0.3) is 5.91 Å². The highest BCUT2D eigenvalue weighted by Gasteiger charge is 2.11. The molecular formula is C14H13FN2O2. The smallest absolute Gasteiger partial charge is 0.261 e. The van der Waals surface area contributed by atoms with Crippen molar-refractivity contribution < 1.29 is 9.18 Å². The van der Waals surface area contributed by atoms with Crippen LogP contribution >= 0.6 is 0 Å². The summed E-state index contributed by atoms with van der Waals surface area (Å²) in [6.07, 6.45) is 1.36. The zero-order valence-electron chi connectivity index (χ0n) is 10.6. The molecule has 2 aromatic rings. The quantitative estimate of drug-likeness (QED) is 0.870. The van der Waals surface area contributed by atoms with E-state index in [4.69, 9.17) is 0 Å². The molecular weight excluding hydrogens is 247 g/mol. The summed E-state index contributed by atoms with van der Waals surface area (Å²) >= 11 is 0. The van der Waals surface area contributed by atoms with E-state index < -0.39 is 5.91 Å². The SMILES string of the molecule is Cc1cc(=O)c(C(=O)Nc2ccc(F)c(C)c2)c[nH]1. The molecule has 0 fully saturated rings. The Kier molecular flexibility index (Phi) is 3.46. The van der Waals surface area contributed by atoms with Crippen molar-refractivity contribution >= 4 is 11.6 Å². The average Bonchev–Trinajstić information content (AvgIpc) is 2.33. The molecule has 2 N–H and O–H groups in total.